The van der Waals surface area contributed by atoms with E-state index in [9.17, 15) is 8.78 Å². The quantitative estimate of drug-likeness (QED) is 0.138. The van der Waals surface area contributed by atoms with Gasteiger partial charge in [-0.05, 0) is 99.5 Å². The van der Waals surface area contributed by atoms with Gasteiger partial charge >= 0.3 is 0 Å². The van der Waals surface area contributed by atoms with Crippen LogP contribution in [0.25, 0.3) is 0 Å². The zero-order valence-corrected chi connectivity index (χ0v) is 37.4. The largest absolute Gasteiger partial charge is 0.497 e. The van der Waals surface area contributed by atoms with Crippen molar-refractivity contribution in [2.75, 3.05) is 44.9 Å². The Bertz CT molecular complexity index is 2140. The standard InChI is InChI=1S/C50H63F3N4O5/c1-32-8-12-35(13-9-32)44(51)43-41(34-16-20-50(52,53)21-17-34)42-39(24-47(2,3)25-40(42)59-28-33-10-14-37(58-7)15-11-33)56-45(43)36-18-22-57(23-19-36)46-54-26-38(27-55-46)60-29-49(6)30-61-48(4,5)62-31-49/h8-15,26-27,34,36,40,44H,16-25,28-31H2,1-7H3/t40-,44-/m0/s1. The minimum absolute atomic E-state index is 0.0593. The van der Waals surface area contributed by atoms with Crippen LogP contribution in [-0.4, -0.2) is 66.7 Å². The fourth-order valence-electron chi connectivity index (χ4n) is 9.66. The van der Waals surface area contributed by atoms with Crippen molar-refractivity contribution in [1.29, 1.82) is 0 Å². The van der Waals surface area contributed by atoms with E-state index in [2.05, 4.69) is 35.6 Å². The predicted molar refractivity (Wildman–Crippen MR) is 233 cm³/mol. The number of halogens is 3. The summed E-state index contributed by atoms with van der Waals surface area (Å²) >= 11 is 0. The molecule has 1 saturated carbocycles. The van der Waals surface area contributed by atoms with Crippen molar-refractivity contribution in [2.45, 2.75) is 135 Å². The molecule has 4 aliphatic rings. The maximum atomic E-state index is 17.9. The van der Waals surface area contributed by atoms with E-state index in [-0.39, 0.29) is 54.5 Å². The number of aryl methyl sites for hydroxylation is 1. The molecule has 2 aromatic heterocycles. The highest BCUT2D eigenvalue weighted by Gasteiger charge is 2.44. The topological polar surface area (TPSA) is 88.1 Å². The molecule has 12 heteroatoms. The Morgan fingerprint density at radius 1 is 0.823 bits per heavy atom. The minimum atomic E-state index is -2.74. The Morgan fingerprint density at radius 3 is 2.10 bits per heavy atom. The lowest BCUT2D eigenvalue weighted by Gasteiger charge is -2.42. The van der Waals surface area contributed by atoms with Crippen LogP contribution in [0.1, 0.15) is 148 Å². The van der Waals surface area contributed by atoms with Crippen LogP contribution in [-0.2, 0) is 27.2 Å². The van der Waals surface area contributed by atoms with Gasteiger partial charge in [0.05, 0.1) is 57.7 Å². The van der Waals surface area contributed by atoms with Crippen molar-refractivity contribution in [2.24, 2.45) is 10.8 Å². The van der Waals surface area contributed by atoms with Crippen molar-refractivity contribution in [1.82, 2.24) is 15.0 Å². The first-order chi connectivity index (χ1) is 29.5. The van der Waals surface area contributed by atoms with Crippen molar-refractivity contribution in [3.8, 4) is 11.5 Å². The van der Waals surface area contributed by atoms with Crippen molar-refractivity contribution < 1.29 is 36.9 Å². The molecule has 2 atom stereocenters. The van der Waals surface area contributed by atoms with Gasteiger partial charge in [-0.2, -0.15) is 0 Å². The number of aromatic nitrogens is 3. The molecule has 0 spiro atoms. The summed E-state index contributed by atoms with van der Waals surface area (Å²) in [5.41, 5.74) is 6.12. The molecule has 334 valence electrons. The van der Waals surface area contributed by atoms with Gasteiger partial charge in [0, 0.05) is 54.1 Å². The SMILES string of the molecule is COc1ccc(CO[C@H]2CC(C)(C)Cc3nc(C4CCN(c5ncc(OCC6(C)COC(C)(C)OC6)cn5)CC4)c([C@@H](F)c4ccc(C)cc4)c(C4CCC(F)(F)CC4)c32)cc1. The minimum Gasteiger partial charge on any atom is -0.497 e. The van der Waals surface area contributed by atoms with E-state index < -0.39 is 17.9 Å². The molecule has 0 radical (unpaired) electrons. The predicted octanol–water partition coefficient (Wildman–Crippen LogP) is 11.3. The first-order valence-corrected chi connectivity index (χ1v) is 22.4. The van der Waals surface area contributed by atoms with Crippen LogP contribution in [0.3, 0.4) is 0 Å². The molecule has 8 rings (SSSR count). The highest BCUT2D eigenvalue weighted by atomic mass is 19.3. The zero-order valence-electron chi connectivity index (χ0n) is 37.4. The molecule has 9 nitrogen and oxygen atoms in total. The Morgan fingerprint density at radius 2 is 1.47 bits per heavy atom. The molecule has 3 fully saturated rings. The number of pyridine rings is 1. The molecule has 0 bridgehead atoms. The summed E-state index contributed by atoms with van der Waals surface area (Å²) in [6.45, 7) is 15.4. The smallest absolute Gasteiger partial charge is 0.248 e. The number of rotatable bonds is 12. The lowest BCUT2D eigenvalue weighted by atomic mass is 9.68. The van der Waals surface area contributed by atoms with Gasteiger partial charge in [0.1, 0.15) is 5.75 Å². The van der Waals surface area contributed by atoms with E-state index in [1.807, 2.05) is 69.3 Å². The van der Waals surface area contributed by atoms with Crippen molar-refractivity contribution >= 4 is 5.95 Å². The number of benzene rings is 2. The third-order valence-electron chi connectivity index (χ3n) is 13.4. The second kappa shape index (κ2) is 17.7. The van der Waals surface area contributed by atoms with Gasteiger partial charge in [-0.3, -0.25) is 4.98 Å². The lowest BCUT2D eigenvalue weighted by molar-refractivity contribution is -0.285. The summed E-state index contributed by atoms with van der Waals surface area (Å²) in [6, 6.07) is 15.4. The summed E-state index contributed by atoms with van der Waals surface area (Å²) in [5, 5.41) is 0. The molecule has 4 heterocycles. The summed E-state index contributed by atoms with van der Waals surface area (Å²) in [5.74, 6) is -1.70. The van der Waals surface area contributed by atoms with Crippen LogP contribution in [0.4, 0.5) is 19.1 Å². The molecule has 0 N–H and O–H groups in total. The van der Waals surface area contributed by atoms with Gasteiger partial charge in [0.25, 0.3) is 0 Å². The number of fused-ring (bicyclic) bond motifs is 1. The van der Waals surface area contributed by atoms with Crippen molar-refractivity contribution in [3.63, 3.8) is 0 Å². The number of hydrogen-bond acceptors (Lipinski definition) is 9. The van der Waals surface area contributed by atoms with Gasteiger partial charge in [-0.1, -0.05) is 62.7 Å². The van der Waals surface area contributed by atoms with Crippen LogP contribution in [0.5, 0.6) is 11.5 Å². The number of hydrogen-bond donors (Lipinski definition) is 0. The van der Waals surface area contributed by atoms with Crippen LogP contribution in [0.2, 0.25) is 0 Å². The van der Waals surface area contributed by atoms with E-state index in [1.165, 1.54) is 0 Å². The normalized spacial score (nSPS) is 22.7. The van der Waals surface area contributed by atoms with Gasteiger partial charge in [-0.25, -0.2) is 23.1 Å². The molecule has 4 aromatic rings. The number of piperidine rings is 1. The lowest BCUT2D eigenvalue weighted by Crippen LogP contribution is -2.47. The van der Waals surface area contributed by atoms with Gasteiger partial charge < -0.3 is 28.6 Å². The van der Waals surface area contributed by atoms with Crippen LogP contribution < -0.4 is 14.4 Å². The first-order valence-electron chi connectivity index (χ1n) is 22.4. The van der Waals surface area contributed by atoms with E-state index in [1.54, 1.807) is 19.5 Å². The van der Waals surface area contributed by atoms with E-state index in [0.29, 0.717) is 88.0 Å². The second-order valence-electron chi connectivity index (χ2n) is 19.8. The molecular weight excluding hydrogens is 794 g/mol. The molecule has 2 saturated heterocycles. The van der Waals surface area contributed by atoms with E-state index in [0.717, 1.165) is 39.4 Å². The number of nitrogens with zero attached hydrogens (tertiary/aromatic N) is 4. The molecule has 0 amide bonds. The molecule has 62 heavy (non-hydrogen) atoms. The van der Waals surface area contributed by atoms with Gasteiger partial charge in [-0.15, -0.1) is 0 Å². The Labute approximate surface area is 365 Å². The number of methoxy groups -OCH3 is 1. The third-order valence-corrected chi connectivity index (χ3v) is 13.4. The molecule has 2 aliphatic heterocycles. The van der Waals surface area contributed by atoms with Crippen LogP contribution in [0.15, 0.2) is 60.9 Å². The molecular formula is C50H63F3N4O5. The number of ether oxygens (including phenoxy) is 5. The van der Waals surface area contributed by atoms with Crippen LogP contribution >= 0.6 is 0 Å². The molecule has 2 aromatic carbocycles. The fraction of sp³-hybridized carbons (Fsp3) is 0.580. The summed E-state index contributed by atoms with van der Waals surface area (Å²) in [7, 11) is 1.64. The monoisotopic (exact) mass is 856 g/mol. The Balaban J connectivity index is 1.11. The zero-order chi connectivity index (χ0) is 43.9. The average molecular weight is 857 g/mol. The fourth-order valence-corrected chi connectivity index (χ4v) is 9.66. The highest BCUT2D eigenvalue weighted by molar-refractivity contribution is 5.51. The maximum absolute atomic E-state index is 17.9. The first kappa shape index (κ1) is 44.4. The van der Waals surface area contributed by atoms with E-state index >= 15 is 4.39 Å². The Hall–Kier alpha value is -4.26. The number of anilines is 1. The second-order valence-corrected chi connectivity index (χ2v) is 19.8. The molecule has 2 aliphatic carbocycles. The van der Waals surface area contributed by atoms with Gasteiger partial charge in [0.2, 0.25) is 11.9 Å². The summed E-state index contributed by atoms with van der Waals surface area (Å²) < 4.78 is 77.8. The molecule has 0 unspecified atom stereocenters. The van der Waals surface area contributed by atoms with Crippen molar-refractivity contribution in [3.05, 3.63) is 106 Å². The third kappa shape index (κ3) is 10.1. The maximum Gasteiger partial charge on any atom is 0.248 e. The highest BCUT2D eigenvalue weighted by Crippen LogP contribution is 2.53. The average Bonchev–Trinajstić information content (AvgIpc) is 3.25. The van der Waals surface area contributed by atoms with Gasteiger partial charge in [0.15, 0.2) is 17.7 Å². The summed E-state index contributed by atoms with van der Waals surface area (Å²) in [6.07, 6.45) is 4.45. The Kier molecular flexibility index (Phi) is 12.7. The number of alkyl halides is 3. The summed E-state index contributed by atoms with van der Waals surface area (Å²) in [4.78, 5) is 17.1. The van der Waals surface area contributed by atoms with E-state index in [4.69, 9.17) is 28.7 Å². The van der Waals surface area contributed by atoms with Crippen LogP contribution in [0, 0.1) is 17.8 Å².